The third-order valence-corrected chi connectivity index (χ3v) is 6.29. The van der Waals surface area contributed by atoms with Gasteiger partial charge in [0.05, 0.1) is 37.8 Å². The number of amidine groups is 1. The van der Waals surface area contributed by atoms with Crippen LogP contribution in [-0.2, 0) is 11.3 Å². The first-order chi connectivity index (χ1) is 15.8. The standard InChI is InChI=1S/C24H30N7O2/c1-16(2)10-12-30-20-21(27-23(30)29-11-6-9-19(26)15-29)28(3)24(33)31(22(20)32)14-18-8-5-4-7-17(18)13-25/h4-5,7-8,10,19-20H,6,9,11-12,14-15,26H2,1-3H3/q+1/t19-,20?/m1/s1. The summed E-state index contributed by atoms with van der Waals surface area (Å²) in [5.41, 5.74) is 8.43. The van der Waals surface area contributed by atoms with Gasteiger partial charge in [0.15, 0.2) is 0 Å². The molecule has 2 N–H and O–H groups in total. The summed E-state index contributed by atoms with van der Waals surface area (Å²) in [5.74, 6) is 0.795. The fourth-order valence-electron chi connectivity index (χ4n) is 4.50. The number of urea groups is 1. The summed E-state index contributed by atoms with van der Waals surface area (Å²) >= 11 is 0. The lowest BCUT2D eigenvalue weighted by atomic mass is 10.1. The molecule has 2 fully saturated rings. The van der Waals surface area contributed by atoms with Crippen LogP contribution in [0.4, 0.5) is 4.79 Å². The SMILES string of the molecule is CC(C)=CCN1C(=[N+]2CCC[C@@H](N)C2)N=C2C1C(=O)N(Cc1ccccc1C#N)C(=O)N2C. The number of benzene rings is 1. The largest absolute Gasteiger partial charge is 0.392 e. The number of rotatable bonds is 4. The van der Waals surface area contributed by atoms with Crippen LogP contribution >= 0.6 is 0 Å². The summed E-state index contributed by atoms with van der Waals surface area (Å²) in [6.45, 7) is 6.03. The highest BCUT2D eigenvalue weighted by molar-refractivity contribution is 6.25. The third kappa shape index (κ3) is 4.26. The van der Waals surface area contributed by atoms with Crippen molar-refractivity contribution in [2.24, 2.45) is 10.7 Å². The van der Waals surface area contributed by atoms with Crippen molar-refractivity contribution >= 4 is 23.7 Å². The number of hydrogen-bond acceptors (Lipinski definition) is 4. The minimum absolute atomic E-state index is 0.0376. The lowest BCUT2D eigenvalue weighted by Crippen LogP contribution is -2.63. The molecule has 1 unspecified atom stereocenters. The lowest BCUT2D eigenvalue weighted by Gasteiger charge is -2.35. The first-order valence-electron chi connectivity index (χ1n) is 11.2. The van der Waals surface area contributed by atoms with Gasteiger partial charge in [-0.1, -0.05) is 34.8 Å². The van der Waals surface area contributed by atoms with Crippen molar-refractivity contribution in [1.82, 2.24) is 14.7 Å². The van der Waals surface area contributed by atoms with E-state index in [0.29, 0.717) is 36.0 Å². The summed E-state index contributed by atoms with van der Waals surface area (Å²) in [6, 6.07) is 8.07. The molecule has 3 amide bonds. The van der Waals surface area contributed by atoms with Gasteiger partial charge in [-0.3, -0.25) is 19.2 Å². The average molecular weight is 449 g/mol. The normalized spacial score (nSPS) is 25.1. The van der Waals surface area contributed by atoms with E-state index >= 15 is 0 Å². The Labute approximate surface area is 194 Å². The van der Waals surface area contributed by atoms with Crippen molar-refractivity contribution < 1.29 is 14.2 Å². The molecule has 2 atom stereocenters. The average Bonchev–Trinajstić information content (AvgIpc) is 3.19. The number of fused-ring (bicyclic) bond motifs is 1. The molecule has 3 aliphatic heterocycles. The molecule has 0 radical (unpaired) electrons. The van der Waals surface area contributed by atoms with Gasteiger partial charge in [0.2, 0.25) is 11.9 Å². The number of piperidine rings is 1. The second-order valence-electron chi connectivity index (χ2n) is 8.99. The Hall–Kier alpha value is -3.51. The number of guanidine groups is 1. The molecular formula is C24H30N7O2+. The van der Waals surface area contributed by atoms with E-state index in [9.17, 15) is 14.9 Å². The molecule has 33 heavy (non-hydrogen) atoms. The number of carbonyl (C=O) groups excluding carboxylic acids is 2. The van der Waals surface area contributed by atoms with E-state index in [1.807, 2.05) is 18.7 Å². The van der Waals surface area contributed by atoms with Gasteiger partial charge in [0.1, 0.15) is 0 Å². The van der Waals surface area contributed by atoms with Crippen molar-refractivity contribution in [3.8, 4) is 6.07 Å². The van der Waals surface area contributed by atoms with Gasteiger partial charge in [-0.15, -0.1) is 0 Å². The van der Waals surface area contributed by atoms with Crippen molar-refractivity contribution in [3.05, 3.63) is 47.0 Å². The van der Waals surface area contributed by atoms with Crippen LogP contribution in [0.3, 0.4) is 0 Å². The fraction of sp³-hybridized carbons (Fsp3) is 0.458. The van der Waals surface area contributed by atoms with Crippen molar-refractivity contribution in [2.45, 2.75) is 45.3 Å². The predicted molar refractivity (Wildman–Crippen MR) is 124 cm³/mol. The number of likely N-dealkylation sites (N-methyl/N-ethyl adjacent to an activating group) is 1. The molecule has 0 aliphatic carbocycles. The van der Waals surface area contributed by atoms with E-state index in [4.69, 9.17) is 10.7 Å². The Morgan fingerprint density at radius 2 is 2.09 bits per heavy atom. The van der Waals surface area contributed by atoms with Gasteiger partial charge in [-0.25, -0.2) is 9.69 Å². The van der Waals surface area contributed by atoms with E-state index in [2.05, 4.69) is 16.7 Å². The van der Waals surface area contributed by atoms with Gasteiger partial charge < -0.3 is 5.73 Å². The Bertz CT molecular complexity index is 1110. The number of allylic oxidation sites excluding steroid dienone is 1. The Kier molecular flexibility index (Phi) is 6.29. The summed E-state index contributed by atoms with van der Waals surface area (Å²) in [4.78, 5) is 36.3. The minimum atomic E-state index is -0.703. The lowest BCUT2D eigenvalue weighted by molar-refractivity contribution is -0.544. The van der Waals surface area contributed by atoms with Gasteiger partial charge in [-0.05, 0) is 38.3 Å². The van der Waals surface area contributed by atoms with Crippen LogP contribution in [0.15, 0.2) is 40.9 Å². The number of imide groups is 1. The highest BCUT2D eigenvalue weighted by Crippen LogP contribution is 2.26. The number of nitriles is 1. The highest BCUT2D eigenvalue weighted by atomic mass is 16.2. The van der Waals surface area contributed by atoms with Crippen LogP contribution in [0.1, 0.15) is 37.8 Å². The maximum absolute atomic E-state index is 13.7. The zero-order chi connectivity index (χ0) is 23.7. The molecule has 0 saturated carbocycles. The molecule has 4 rings (SSSR count). The number of amides is 3. The van der Waals surface area contributed by atoms with E-state index in [1.54, 1.807) is 31.3 Å². The smallest absolute Gasteiger partial charge is 0.325 e. The topological polar surface area (TPSA) is 109 Å². The number of hydrogen-bond donors (Lipinski definition) is 1. The molecule has 1 aromatic carbocycles. The summed E-state index contributed by atoms with van der Waals surface area (Å²) < 4.78 is 2.12. The van der Waals surface area contributed by atoms with Crippen molar-refractivity contribution in [3.63, 3.8) is 0 Å². The number of aliphatic imine (C=N–C) groups is 1. The fourth-order valence-corrected chi connectivity index (χ4v) is 4.50. The van der Waals surface area contributed by atoms with Crippen LogP contribution in [-0.4, -0.2) is 81.8 Å². The zero-order valence-corrected chi connectivity index (χ0v) is 19.4. The molecule has 3 heterocycles. The van der Waals surface area contributed by atoms with Gasteiger partial charge in [-0.2, -0.15) is 5.26 Å². The number of carbonyl (C=O) groups is 2. The zero-order valence-electron chi connectivity index (χ0n) is 19.4. The van der Waals surface area contributed by atoms with Crippen LogP contribution in [0, 0.1) is 11.3 Å². The van der Waals surface area contributed by atoms with E-state index in [-0.39, 0.29) is 18.5 Å². The van der Waals surface area contributed by atoms with Crippen LogP contribution in [0.2, 0.25) is 0 Å². The molecule has 2 saturated heterocycles. The molecular weight excluding hydrogens is 418 g/mol. The third-order valence-electron chi connectivity index (χ3n) is 6.29. The predicted octanol–water partition coefficient (Wildman–Crippen LogP) is 1.49. The van der Waals surface area contributed by atoms with E-state index < -0.39 is 12.1 Å². The Balaban J connectivity index is 1.73. The molecule has 172 valence electrons. The summed E-state index contributed by atoms with van der Waals surface area (Å²) in [5, 5.41) is 9.44. The molecule has 1 aromatic rings. The van der Waals surface area contributed by atoms with Gasteiger partial charge >= 0.3 is 12.0 Å². The van der Waals surface area contributed by atoms with Crippen LogP contribution < -0.4 is 5.73 Å². The maximum Gasteiger partial charge on any atom is 0.392 e. The monoisotopic (exact) mass is 448 g/mol. The second-order valence-corrected chi connectivity index (χ2v) is 8.99. The van der Waals surface area contributed by atoms with E-state index in [0.717, 1.165) is 25.0 Å². The first kappa shape index (κ1) is 22.7. The molecule has 0 spiro atoms. The minimum Gasteiger partial charge on any atom is -0.325 e. The highest BCUT2D eigenvalue weighted by Gasteiger charge is 2.55. The van der Waals surface area contributed by atoms with Gasteiger partial charge in [0, 0.05) is 13.1 Å². The Morgan fingerprint density at radius 1 is 1.33 bits per heavy atom. The number of nitrogens with zero attached hydrogens (tertiary/aromatic N) is 6. The molecule has 9 nitrogen and oxygen atoms in total. The molecule has 0 aromatic heterocycles. The molecule has 3 aliphatic rings. The Morgan fingerprint density at radius 3 is 2.79 bits per heavy atom. The van der Waals surface area contributed by atoms with E-state index in [1.165, 1.54) is 9.80 Å². The first-order valence-corrected chi connectivity index (χ1v) is 11.2. The van der Waals surface area contributed by atoms with Gasteiger partial charge in [0.25, 0.3) is 5.91 Å². The van der Waals surface area contributed by atoms with Crippen LogP contribution in [0.25, 0.3) is 0 Å². The maximum atomic E-state index is 13.7. The quantitative estimate of drug-likeness (QED) is 0.554. The van der Waals surface area contributed by atoms with Crippen molar-refractivity contribution in [1.29, 1.82) is 5.26 Å². The summed E-state index contributed by atoms with van der Waals surface area (Å²) in [6.07, 6.45) is 3.97. The van der Waals surface area contributed by atoms with Crippen molar-refractivity contribution in [2.75, 3.05) is 26.7 Å². The molecule has 0 bridgehead atoms. The summed E-state index contributed by atoms with van der Waals surface area (Å²) in [7, 11) is 1.65. The molecule has 9 heteroatoms. The second kappa shape index (κ2) is 9.16. The van der Waals surface area contributed by atoms with Crippen LogP contribution in [0.5, 0.6) is 0 Å². The number of nitrogens with two attached hydrogens (primary N) is 1.